The fourth-order valence-electron chi connectivity index (χ4n) is 3.35. The highest BCUT2D eigenvalue weighted by Crippen LogP contribution is 2.43. The fraction of sp³-hybridized carbons (Fsp3) is 0.182. The van der Waals surface area contributed by atoms with Crippen molar-refractivity contribution in [3.8, 4) is 11.5 Å². The van der Waals surface area contributed by atoms with Gasteiger partial charge in [0.2, 0.25) is 0 Å². The molecule has 2 heterocycles. The molecule has 142 valence electrons. The average Bonchev–Trinajstić information content (AvgIpc) is 2.63. The molecule has 1 aliphatic heterocycles. The Morgan fingerprint density at radius 3 is 2.14 bits per heavy atom. The first kappa shape index (κ1) is 18.5. The van der Waals surface area contributed by atoms with E-state index in [4.69, 9.17) is 4.74 Å². The van der Waals surface area contributed by atoms with Gasteiger partial charge >= 0.3 is 0 Å². The van der Waals surface area contributed by atoms with Crippen LogP contribution < -0.4 is 15.6 Å². The maximum Gasteiger partial charge on any atom is 0.261 e. The predicted molar refractivity (Wildman–Crippen MR) is 111 cm³/mol. The van der Waals surface area contributed by atoms with Crippen LogP contribution in [0.3, 0.4) is 0 Å². The van der Waals surface area contributed by atoms with E-state index < -0.39 is 17.5 Å². The van der Waals surface area contributed by atoms with Crippen LogP contribution in [0.5, 0.6) is 11.5 Å². The molecule has 1 aromatic heterocycles. The number of ether oxygens (including phenoxy) is 1. The van der Waals surface area contributed by atoms with Crippen LogP contribution in [0.25, 0.3) is 0 Å². The third-order valence-electron chi connectivity index (χ3n) is 4.88. The summed E-state index contributed by atoms with van der Waals surface area (Å²) in [5.41, 5.74) is 4.17. The Morgan fingerprint density at radius 1 is 1.00 bits per heavy atom. The molecule has 3 aromatic rings. The molecule has 0 atom stereocenters. The Labute approximate surface area is 170 Å². The first-order valence-corrected chi connectivity index (χ1v) is 9.72. The van der Waals surface area contributed by atoms with Gasteiger partial charge in [0.25, 0.3) is 11.5 Å². The molecule has 0 fully saturated rings. The summed E-state index contributed by atoms with van der Waals surface area (Å²) < 4.78 is 6.77. The number of hydrogen-bond donors (Lipinski definition) is 2. The number of pyridine rings is 1. The van der Waals surface area contributed by atoms with E-state index >= 15 is 0 Å². The van der Waals surface area contributed by atoms with Crippen LogP contribution in [0.15, 0.2) is 51.7 Å². The van der Waals surface area contributed by atoms with Crippen molar-refractivity contribution < 1.29 is 9.53 Å². The lowest BCUT2D eigenvalue weighted by Crippen LogP contribution is -2.34. The molecule has 1 aliphatic rings. The lowest BCUT2D eigenvalue weighted by atomic mass is 9.92. The van der Waals surface area contributed by atoms with Gasteiger partial charge in [-0.3, -0.25) is 9.59 Å². The molecule has 0 saturated carbocycles. The zero-order valence-electron chi connectivity index (χ0n) is 15.7. The minimum absolute atomic E-state index is 0.0614. The topological polar surface area (TPSA) is 71.2 Å². The molecule has 0 saturated heterocycles. The number of hydrogen-bond acceptors (Lipinski definition) is 3. The Morgan fingerprint density at radius 2 is 1.57 bits per heavy atom. The number of H-pyrrole nitrogens is 1. The van der Waals surface area contributed by atoms with Crippen molar-refractivity contribution in [3.05, 3.63) is 90.8 Å². The third-order valence-corrected chi connectivity index (χ3v) is 5.70. The molecule has 0 unspecified atom stereocenters. The number of halogens is 1. The number of aryl methyl sites for hydroxylation is 3. The summed E-state index contributed by atoms with van der Waals surface area (Å²) in [4.78, 5) is 27.9. The predicted octanol–water partition coefficient (Wildman–Crippen LogP) is 4.69. The van der Waals surface area contributed by atoms with E-state index in [0.717, 1.165) is 22.3 Å². The van der Waals surface area contributed by atoms with Crippen molar-refractivity contribution in [3.63, 3.8) is 0 Å². The summed E-state index contributed by atoms with van der Waals surface area (Å²) in [7, 11) is 0. The Bertz CT molecular complexity index is 1120. The molecule has 4 rings (SSSR count). The van der Waals surface area contributed by atoms with E-state index in [2.05, 4.69) is 26.2 Å². The monoisotopic (exact) mass is 438 g/mol. The molecule has 2 N–H and O–H groups in total. The van der Waals surface area contributed by atoms with Crippen LogP contribution in [0.2, 0.25) is 0 Å². The molecule has 6 heteroatoms. The number of aromatic amines is 1. The number of carbonyl (C=O) groups excluding carboxylic acids is 1. The van der Waals surface area contributed by atoms with Crippen molar-refractivity contribution in [1.82, 2.24) is 10.3 Å². The lowest BCUT2D eigenvalue weighted by molar-refractivity contribution is 0.0940. The molecular formula is C22H19BrN2O3. The Balaban J connectivity index is 1.78. The molecule has 5 nitrogen and oxygen atoms in total. The smallest absolute Gasteiger partial charge is 0.261 e. The van der Waals surface area contributed by atoms with Crippen LogP contribution in [0.1, 0.15) is 44.3 Å². The summed E-state index contributed by atoms with van der Waals surface area (Å²) in [6.07, 6.45) is 0. The lowest BCUT2D eigenvalue weighted by Gasteiger charge is -2.29. The first-order chi connectivity index (χ1) is 13.3. The summed E-state index contributed by atoms with van der Waals surface area (Å²) in [6, 6.07) is 12.9. The second-order valence-electron chi connectivity index (χ2n) is 7.08. The van der Waals surface area contributed by atoms with E-state index in [1.807, 2.05) is 50.2 Å². The van der Waals surface area contributed by atoms with E-state index in [-0.39, 0.29) is 5.56 Å². The molecule has 0 bridgehead atoms. The van der Waals surface area contributed by atoms with E-state index in [9.17, 15) is 9.59 Å². The number of fused-ring (bicyclic) bond motifs is 2. The van der Waals surface area contributed by atoms with E-state index in [1.54, 1.807) is 13.0 Å². The van der Waals surface area contributed by atoms with Gasteiger partial charge in [-0.25, -0.2) is 0 Å². The SMILES string of the molecule is Cc1ccc2c(c1)Oc1cc(C)ccc1C2NC(=O)c1cc(Br)c(C)[nH]c1=O. The van der Waals surface area contributed by atoms with Crippen molar-refractivity contribution in [2.75, 3.05) is 0 Å². The van der Waals surface area contributed by atoms with Gasteiger partial charge in [0.15, 0.2) is 0 Å². The summed E-state index contributed by atoms with van der Waals surface area (Å²) >= 11 is 3.37. The van der Waals surface area contributed by atoms with Crippen molar-refractivity contribution in [2.45, 2.75) is 26.8 Å². The Hall–Kier alpha value is -2.86. The minimum atomic E-state index is -0.438. The van der Waals surface area contributed by atoms with Crippen molar-refractivity contribution in [2.24, 2.45) is 0 Å². The normalized spacial score (nSPS) is 12.7. The highest BCUT2D eigenvalue weighted by molar-refractivity contribution is 9.10. The van der Waals surface area contributed by atoms with Gasteiger partial charge < -0.3 is 15.0 Å². The van der Waals surface area contributed by atoms with E-state index in [0.29, 0.717) is 21.7 Å². The number of carbonyl (C=O) groups is 1. The third kappa shape index (κ3) is 3.24. The minimum Gasteiger partial charge on any atom is -0.457 e. The summed E-state index contributed by atoms with van der Waals surface area (Å²) in [5, 5.41) is 3.01. The molecule has 28 heavy (non-hydrogen) atoms. The van der Waals surface area contributed by atoms with Crippen molar-refractivity contribution >= 4 is 21.8 Å². The molecule has 2 aromatic carbocycles. The standard InChI is InChI=1S/C22H19BrN2O3/c1-11-4-6-14-18(8-11)28-19-9-12(2)5-7-15(19)20(14)25-22(27)16-10-17(23)13(3)24-21(16)26/h4-10,20H,1-3H3,(H,24,26)(H,25,27). The number of rotatable bonds is 2. The van der Waals surface area contributed by atoms with Gasteiger partial charge in [0.1, 0.15) is 17.1 Å². The maximum absolute atomic E-state index is 13.0. The van der Waals surface area contributed by atoms with Crippen LogP contribution in [0.4, 0.5) is 0 Å². The fourth-order valence-corrected chi connectivity index (χ4v) is 3.68. The summed E-state index contributed by atoms with van der Waals surface area (Å²) in [5.74, 6) is 0.983. The second kappa shape index (κ2) is 6.95. The molecule has 1 amide bonds. The number of amides is 1. The van der Waals surface area contributed by atoms with Crippen LogP contribution >= 0.6 is 15.9 Å². The van der Waals surface area contributed by atoms with E-state index in [1.165, 1.54) is 0 Å². The Kier molecular flexibility index (Phi) is 4.59. The molecule has 0 aliphatic carbocycles. The number of benzene rings is 2. The van der Waals surface area contributed by atoms with Gasteiger partial charge in [-0.1, -0.05) is 24.3 Å². The number of aromatic nitrogens is 1. The molecular weight excluding hydrogens is 420 g/mol. The largest absolute Gasteiger partial charge is 0.457 e. The van der Waals surface area contributed by atoms with Crippen LogP contribution in [0, 0.1) is 20.8 Å². The van der Waals surface area contributed by atoms with Gasteiger partial charge in [-0.15, -0.1) is 0 Å². The molecule has 0 spiro atoms. The van der Waals surface area contributed by atoms with Gasteiger partial charge in [0.05, 0.1) is 6.04 Å². The highest BCUT2D eigenvalue weighted by atomic mass is 79.9. The van der Waals surface area contributed by atoms with Crippen LogP contribution in [-0.4, -0.2) is 10.9 Å². The van der Waals surface area contributed by atoms with Crippen LogP contribution in [-0.2, 0) is 0 Å². The van der Waals surface area contributed by atoms with Gasteiger partial charge in [-0.05, 0) is 66.0 Å². The highest BCUT2D eigenvalue weighted by Gasteiger charge is 2.29. The second-order valence-corrected chi connectivity index (χ2v) is 7.93. The van der Waals surface area contributed by atoms with Gasteiger partial charge in [-0.2, -0.15) is 0 Å². The zero-order valence-corrected chi connectivity index (χ0v) is 17.3. The number of nitrogens with one attached hydrogen (secondary N) is 2. The summed E-state index contributed by atoms with van der Waals surface area (Å²) in [6.45, 7) is 5.75. The maximum atomic E-state index is 13.0. The van der Waals surface area contributed by atoms with Crippen molar-refractivity contribution in [1.29, 1.82) is 0 Å². The quantitative estimate of drug-likeness (QED) is 0.609. The molecule has 0 radical (unpaired) electrons. The van der Waals surface area contributed by atoms with Gasteiger partial charge in [0, 0.05) is 21.3 Å². The zero-order chi connectivity index (χ0) is 20.0. The first-order valence-electron chi connectivity index (χ1n) is 8.92. The average molecular weight is 439 g/mol.